The second-order valence-corrected chi connectivity index (χ2v) is 5.09. The lowest BCUT2D eigenvalue weighted by Crippen LogP contribution is -2.01. The molecule has 0 atom stereocenters. The zero-order chi connectivity index (χ0) is 14.4. The molecule has 0 amide bonds. The van der Waals surface area contributed by atoms with Gasteiger partial charge in [0.2, 0.25) is 0 Å². The Bertz CT molecular complexity index is 829. The molecule has 7 heteroatoms. The van der Waals surface area contributed by atoms with Crippen molar-refractivity contribution in [1.82, 2.24) is 19.5 Å². The number of imidazole rings is 1. The van der Waals surface area contributed by atoms with E-state index in [1.54, 1.807) is 24.5 Å². The fourth-order valence-corrected chi connectivity index (χ4v) is 2.59. The molecule has 4 nitrogen and oxygen atoms in total. The Balaban J connectivity index is 2.38. The van der Waals surface area contributed by atoms with Crippen molar-refractivity contribution in [2.24, 2.45) is 0 Å². The van der Waals surface area contributed by atoms with Gasteiger partial charge in [-0.2, -0.15) is 0 Å². The summed E-state index contributed by atoms with van der Waals surface area (Å²) in [6, 6.07) is 4.16. The number of nitrogens with zero attached hydrogens (tertiary/aromatic N) is 4. The Labute approximate surface area is 124 Å². The average molecular weight is 311 g/mol. The van der Waals surface area contributed by atoms with Gasteiger partial charge in [0.15, 0.2) is 10.8 Å². The minimum Gasteiger partial charge on any atom is -0.279 e. The van der Waals surface area contributed by atoms with Crippen LogP contribution in [0.3, 0.4) is 0 Å². The highest BCUT2D eigenvalue weighted by Crippen LogP contribution is 2.28. The molecular formula is C13H9Cl2FN4. The third-order valence-electron chi connectivity index (χ3n) is 2.89. The lowest BCUT2D eigenvalue weighted by atomic mass is 10.3. The molecule has 0 unspecified atom stereocenters. The SMILES string of the molecule is Cc1nc(Cl)c2nc(C)n(-c3ccc(F)cc3Cl)c2n1. The zero-order valence-corrected chi connectivity index (χ0v) is 12.2. The van der Waals surface area contributed by atoms with E-state index >= 15 is 0 Å². The van der Waals surface area contributed by atoms with Crippen LogP contribution in [0.15, 0.2) is 18.2 Å². The number of aryl methyl sites for hydroxylation is 2. The van der Waals surface area contributed by atoms with E-state index in [0.717, 1.165) is 0 Å². The normalized spacial score (nSPS) is 11.2. The molecule has 0 saturated heterocycles. The number of aromatic nitrogens is 4. The van der Waals surface area contributed by atoms with Crippen molar-refractivity contribution in [2.75, 3.05) is 0 Å². The summed E-state index contributed by atoms with van der Waals surface area (Å²) in [5, 5.41) is 0.562. The highest BCUT2D eigenvalue weighted by molar-refractivity contribution is 6.34. The van der Waals surface area contributed by atoms with Crippen LogP contribution in [0.1, 0.15) is 11.6 Å². The molecule has 0 fully saturated rings. The molecule has 0 saturated carbocycles. The van der Waals surface area contributed by atoms with Crippen molar-refractivity contribution in [3.63, 3.8) is 0 Å². The van der Waals surface area contributed by atoms with E-state index in [9.17, 15) is 4.39 Å². The van der Waals surface area contributed by atoms with Crippen LogP contribution in [0.5, 0.6) is 0 Å². The van der Waals surface area contributed by atoms with E-state index in [1.165, 1.54) is 12.1 Å². The quantitative estimate of drug-likeness (QED) is 0.641. The summed E-state index contributed by atoms with van der Waals surface area (Å²) < 4.78 is 14.9. The Kier molecular flexibility index (Phi) is 3.11. The predicted octanol–water partition coefficient (Wildman–Crippen LogP) is 3.88. The molecule has 0 spiro atoms. The van der Waals surface area contributed by atoms with Gasteiger partial charge in [-0.15, -0.1) is 0 Å². The molecule has 20 heavy (non-hydrogen) atoms. The van der Waals surface area contributed by atoms with Gasteiger partial charge in [-0.1, -0.05) is 23.2 Å². The number of rotatable bonds is 1. The van der Waals surface area contributed by atoms with Gasteiger partial charge >= 0.3 is 0 Å². The van der Waals surface area contributed by atoms with Crippen LogP contribution in [-0.4, -0.2) is 19.5 Å². The van der Waals surface area contributed by atoms with Gasteiger partial charge in [-0.25, -0.2) is 19.3 Å². The van der Waals surface area contributed by atoms with Crippen molar-refractivity contribution in [3.05, 3.63) is 45.8 Å². The van der Waals surface area contributed by atoms with E-state index in [0.29, 0.717) is 28.5 Å². The summed E-state index contributed by atoms with van der Waals surface area (Å²) in [5.74, 6) is 0.779. The maximum absolute atomic E-state index is 13.2. The maximum atomic E-state index is 13.2. The molecule has 0 radical (unpaired) electrons. The van der Waals surface area contributed by atoms with Gasteiger partial charge in [0, 0.05) is 0 Å². The van der Waals surface area contributed by atoms with Crippen LogP contribution < -0.4 is 0 Å². The van der Waals surface area contributed by atoms with E-state index in [1.807, 2.05) is 0 Å². The second-order valence-electron chi connectivity index (χ2n) is 4.32. The van der Waals surface area contributed by atoms with Crippen molar-refractivity contribution in [3.8, 4) is 5.69 Å². The fraction of sp³-hybridized carbons (Fsp3) is 0.154. The van der Waals surface area contributed by atoms with Gasteiger partial charge in [0.05, 0.1) is 10.7 Å². The molecule has 102 valence electrons. The first kappa shape index (κ1) is 13.3. The van der Waals surface area contributed by atoms with Crippen LogP contribution >= 0.6 is 23.2 Å². The lowest BCUT2D eigenvalue weighted by molar-refractivity contribution is 0.627. The van der Waals surface area contributed by atoms with E-state index in [2.05, 4.69) is 15.0 Å². The topological polar surface area (TPSA) is 43.6 Å². The number of benzene rings is 1. The molecule has 1 aromatic carbocycles. The van der Waals surface area contributed by atoms with E-state index in [-0.39, 0.29) is 10.2 Å². The number of hydrogen-bond donors (Lipinski definition) is 0. The highest BCUT2D eigenvalue weighted by Gasteiger charge is 2.17. The lowest BCUT2D eigenvalue weighted by Gasteiger charge is -2.08. The Hall–Kier alpha value is -1.72. The van der Waals surface area contributed by atoms with Crippen molar-refractivity contribution in [2.45, 2.75) is 13.8 Å². The van der Waals surface area contributed by atoms with Crippen molar-refractivity contribution < 1.29 is 4.39 Å². The largest absolute Gasteiger partial charge is 0.279 e. The average Bonchev–Trinajstić information content (AvgIpc) is 2.67. The predicted molar refractivity (Wildman–Crippen MR) is 76.1 cm³/mol. The minimum atomic E-state index is -0.398. The van der Waals surface area contributed by atoms with Crippen LogP contribution in [0.4, 0.5) is 4.39 Å². The van der Waals surface area contributed by atoms with Crippen LogP contribution in [0.25, 0.3) is 16.9 Å². The number of fused-ring (bicyclic) bond motifs is 1. The molecule has 3 rings (SSSR count). The van der Waals surface area contributed by atoms with Gasteiger partial charge < -0.3 is 0 Å². The maximum Gasteiger partial charge on any atom is 0.169 e. The van der Waals surface area contributed by atoms with Crippen LogP contribution in [0, 0.1) is 19.7 Å². The van der Waals surface area contributed by atoms with Crippen LogP contribution in [0.2, 0.25) is 10.2 Å². The first-order valence-electron chi connectivity index (χ1n) is 5.82. The smallest absolute Gasteiger partial charge is 0.169 e. The highest BCUT2D eigenvalue weighted by atomic mass is 35.5. The summed E-state index contributed by atoms with van der Waals surface area (Å²) in [4.78, 5) is 12.8. The molecule has 2 aromatic heterocycles. The number of hydrogen-bond acceptors (Lipinski definition) is 3. The Morgan fingerprint density at radius 3 is 2.55 bits per heavy atom. The summed E-state index contributed by atoms with van der Waals surface area (Å²) in [5.41, 5.74) is 1.64. The van der Waals surface area contributed by atoms with E-state index in [4.69, 9.17) is 23.2 Å². The molecule has 0 bridgehead atoms. The molecule has 2 heterocycles. The van der Waals surface area contributed by atoms with Gasteiger partial charge in [-0.05, 0) is 32.0 Å². The first-order chi connectivity index (χ1) is 9.47. The monoisotopic (exact) mass is 310 g/mol. The molecule has 3 aromatic rings. The standard InChI is InChI=1S/C13H9Cl2FN4/c1-6-17-12(15)11-13(18-6)20(7(2)19-11)10-4-3-8(16)5-9(10)14/h3-5H,1-2H3. The summed E-state index contributed by atoms with van der Waals surface area (Å²) in [6.45, 7) is 3.54. The van der Waals surface area contributed by atoms with Gasteiger partial charge in [0.25, 0.3) is 0 Å². The number of halogens is 3. The van der Waals surface area contributed by atoms with Crippen molar-refractivity contribution in [1.29, 1.82) is 0 Å². The minimum absolute atomic E-state index is 0.278. The van der Waals surface area contributed by atoms with Crippen LogP contribution in [-0.2, 0) is 0 Å². The van der Waals surface area contributed by atoms with Gasteiger partial charge in [0.1, 0.15) is 23.0 Å². The molecule has 0 aliphatic carbocycles. The Morgan fingerprint density at radius 2 is 1.85 bits per heavy atom. The first-order valence-corrected chi connectivity index (χ1v) is 6.57. The fourth-order valence-electron chi connectivity index (χ4n) is 2.09. The molecule has 0 aliphatic rings. The third-order valence-corrected chi connectivity index (χ3v) is 3.46. The van der Waals surface area contributed by atoms with E-state index < -0.39 is 5.82 Å². The summed E-state index contributed by atoms with van der Waals surface area (Å²) >= 11 is 12.2. The zero-order valence-electron chi connectivity index (χ0n) is 10.7. The summed E-state index contributed by atoms with van der Waals surface area (Å²) in [7, 11) is 0. The summed E-state index contributed by atoms with van der Waals surface area (Å²) in [6.07, 6.45) is 0. The molecule has 0 N–H and O–H groups in total. The second kappa shape index (κ2) is 4.68. The molecular weight excluding hydrogens is 302 g/mol. The molecule has 0 aliphatic heterocycles. The van der Waals surface area contributed by atoms with Gasteiger partial charge in [-0.3, -0.25) is 4.57 Å². The Morgan fingerprint density at radius 1 is 1.10 bits per heavy atom. The third kappa shape index (κ3) is 2.03. The van der Waals surface area contributed by atoms with Crippen molar-refractivity contribution >= 4 is 34.4 Å².